The highest BCUT2D eigenvalue weighted by atomic mass is 16.3. The molecule has 0 spiro atoms. The summed E-state index contributed by atoms with van der Waals surface area (Å²) in [5.74, 6) is 1.91. The van der Waals surface area contributed by atoms with Gasteiger partial charge in [0.25, 0.3) is 0 Å². The fourth-order valence-electron chi connectivity index (χ4n) is 7.68. The zero-order chi connectivity index (χ0) is 36.0. The van der Waals surface area contributed by atoms with Crippen LogP contribution in [0.25, 0.3) is 94.7 Å². The lowest BCUT2D eigenvalue weighted by atomic mass is 10.0. The highest BCUT2D eigenvalue weighted by molar-refractivity contribution is 6.23. The summed E-state index contributed by atoms with van der Waals surface area (Å²) in [7, 11) is 0. The van der Waals surface area contributed by atoms with Gasteiger partial charge in [-0.15, -0.1) is 0 Å². The van der Waals surface area contributed by atoms with Gasteiger partial charge in [-0.05, 0) is 78.1 Å². The number of hydrogen-bond acceptors (Lipinski definition) is 4. The summed E-state index contributed by atoms with van der Waals surface area (Å²) in [6, 6.07) is 57.3. The van der Waals surface area contributed by atoms with Crippen LogP contribution in [0.1, 0.15) is 25.3 Å². The number of unbranched alkanes of at least 4 members (excludes halogenated alkanes) is 1. The fraction of sp³-hybridized carbons (Fsp3) is 0.0816. The molecule has 3 heterocycles. The second kappa shape index (κ2) is 13.3. The summed E-state index contributed by atoms with van der Waals surface area (Å²) >= 11 is 0. The van der Waals surface area contributed by atoms with E-state index in [0.29, 0.717) is 17.5 Å². The minimum Gasteiger partial charge on any atom is -0.455 e. The van der Waals surface area contributed by atoms with Crippen molar-refractivity contribution in [2.24, 2.45) is 0 Å². The number of furan rings is 1. The molecule has 0 atom stereocenters. The van der Waals surface area contributed by atoms with Gasteiger partial charge in [0, 0.05) is 38.5 Å². The van der Waals surface area contributed by atoms with Gasteiger partial charge in [0.1, 0.15) is 11.2 Å². The molecule has 10 aromatic rings. The van der Waals surface area contributed by atoms with Crippen LogP contribution in [0.15, 0.2) is 168 Å². The number of nitrogens with zero attached hydrogens (tertiary/aromatic N) is 4. The molecule has 7 aromatic carbocycles. The summed E-state index contributed by atoms with van der Waals surface area (Å²) in [5.41, 5.74) is 11.6. The van der Waals surface area contributed by atoms with Crippen molar-refractivity contribution in [3.05, 3.63) is 169 Å². The predicted molar refractivity (Wildman–Crippen MR) is 222 cm³/mol. The topological polar surface area (TPSA) is 56.7 Å². The molecule has 5 heteroatoms. The van der Waals surface area contributed by atoms with Gasteiger partial charge in [-0.1, -0.05) is 129 Å². The molecule has 5 nitrogen and oxygen atoms in total. The third-order valence-electron chi connectivity index (χ3n) is 10.5. The SMILES string of the molecule is CCCCc1ccc(-c2ccc(-c3nc(-c4ccccc4)nc(-c4ccc(-n5c6ccccc6c6c7oc8ccccc8c7ccc65)cc4)n3)cc2)cc1. The Bertz CT molecular complexity index is 2940. The normalized spacial score (nSPS) is 11.6. The Morgan fingerprint density at radius 3 is 1.70 bits per heavy atom. The van der Waals surface area contributed by atoms with Crippen molar-refractivity contribution in [3.8, 4) is 51.0 Å². The summed E-state index contributed by atoms with van der Waals surface area (Å²) in [5, 5.41) is 4.53. The standard InChI is InChI=1S/C49H36N4O/c1-2-3-11-32-18-20-33(21-19-32)34-22-24-36(25-23-34)48-50-47(35-12-5-4-6-13-35)51-49(52-48)37-26-28-38(29-27-37)53-42-16-9-7-15-41(42)45-43(53)31-30-40-39-14-8-10-17-44(39)54-46(40)45/h4-10,12-31H,2-3,11H2,1H3. The van der Waals surface area contributed by atoms with Crippen molar-refractivity contribution < 1.29 is 4.42 Å². The average molecular weight is 697 g/mol. The minimum atomic E-state index is 0.628. The number of aromatic nitrogens is 4. The fourth-order valence-corrected chi connectivity index (χ4v) is 7.68. The van der Waals surface area contributed by atoms with Gasteiger partial charge in [0.2, 0.25) is 0 Å². The third-order valence-corrected chi connectivity index (χ3v) is 10.5. The number of rotatable bonds is 8. The van der Waals surface area contributed by atoms with Crippen LogP contribution in [-0.2, 0) is 6.42 Å². The zero-order valence-electron chi connectivity index (χ0n) is 29.9. The Morgan fingerprint density at radius 2 is 1.02 bits per heavy atom. The summed E-state index contributed by atoms with van der Waals surface area (Å²) in [6.07, 6.45) is 3.54. The molecule has 54 heavy (non-hydrogen) atoms. The number of fused-ring (bicyclic) bond motifs is 7. The van der Waals surface area contributed by atoms with E-state index >= 15 is 0 Å². The highest BCUT2D eigenvalue weighted by Gasteiger charge is 2.19. The molecule has 258 valence electrons. The molecule has 0 saturated carbocycles. The second-order valence-corrected chi connectivity index (χ2v) is 13.9. The Kier molecular flexibility index (Phi) is 7.84. The first-order chi connectivity index (χ1) is 26.7. The molecule has 0 saturated heterocycles. The first-order valence-electron chi connectivity index (χ1n) is 18.7. The van der Waals surface area contributed by atoms with Crippen LogP contribution in [-0.4, -0.2) is 19.5 Å². The zero-order valence-corrected chi connectivity index (χ0v) is 29.9. The first kappa shape index (κ1) is 31.9. The molecule has 0 N–H and O–H groups in total. The predicted octanol–water partition coefficient (Wildman–Crippen LogP) is 12.9. The van der Waals surface area contributed by atoms with Crippen LogP contribution in [0.3, 0.4) is 0 Å². The van der Waals surface area contributed by atoms with Crippen molar-refractivity contribution in [1.82, 2.24) is 19.5 Å². The Hall–Kier alpha value is -6.85. The minimum absolute atomic E-state index is 0.628. The molecule has 0 amide bonds. The largest absolute Gasteiger partial charge is 0.455 e. The van der Waals surface area contributed by atoms with Gasteiger partial charge < -0.3 is 8.98 Å². The van der Waals surface area contributed by atoms with E-state index in [0.717, 1.165) is 72.5 Å². The molecule has 10 rings (SSSR count). The summed E-state index contributed by atoms with van der Waals surface area (Å²) in [6.45, 7) is 2.23. The van der Waals surface area contributed by atoms with E-state index in [2.05, 4.69) is 133 Å². The van der Waals surface area contributed by atoms with Gasteiger partial charge in [-0.2, -0.15) is 0 Å². The van der Waals surface area contributed by atoms with Crippen LogP contribution >= 0.6 is 0 Å². The van der Waals surface area contributed by atoms with Crippen LogP contribution in [0, 0.1) is 0 Å². The monoisotopic (exact) mass is 696 g/mol. The maximum absolute atomic E-state index is 6.50. The Balaban J connectivity index is 1.04. The van der Waals surface area contributed by atoms with Crippen molar-refractivity contribution >= 4 is 43.7 Å². The Labute approximate surface area is 313 Å². The lowest BCUT2D eigenvalue weighted by Gasteiger charge is -2.11. The highest BCUT2D eigenvalue weighted by Crippen LogP contribution is 2.40. The average Bonchev–Trinajstić information content (AvgIpc) is 3.79. The van der Waals surface area contributed by atoms with Gasteiger partial charge in [-0.25, -0.2) is 15.0 Å². The quantitative estimate of drug-likeness (QED) is 0.159. The summed E-state index contributed by atoms with van der Waals surface area (Å²) in [4.78, 5) is 15.0. The number of hydrogen-bond donors (Lipinski definition) is 0. The Morgan fingerprint density at radius 1 is 0.463 bits per heavy atom. The van der Waals surface area contributed by atoms with E-state index in [9.17, 15) is 0 Å². The number of benzene rings is 7. The van der Waals surface area contributed by atoms with Crippen LogP contribution < -0.4 is 0 Å². The maximum atomic E-state index is 6.50. The van der Waals surface area contributed by atoms with Crippen molar-refractivity contribution in [2.75, 3.05) is 0 Å². The maximum Gasteiger partial charge on any atom is 0.164 e. The van der Waals surface area contributed by atoms with Gasteiger partial charge in [0.05, 0.1) is 16.4 Å². The first-order valence-corrected chi connectivity index (χ1v) is 18.7. The van der Waals surface area contributed by atoms with Gasteiger partial charge in [0.15, 0.2) is 17.5 Å². The van der Waals surface area contributed by atoms with Crippen LogP contribution in [0.5, 0.6) is 0 Å². The van der Waals surface area contributed by atoms with Crippen LogP contribution in [0.4, 0.5) is 0 Å². The van der Waals surface area contributed by atoms with E-state index in [4.69, 9.17) is 19.4 Å². The lowest BCUT2D eigenvalue weighted by molar-refractivity contribution is 0.673. The number of aryl methyl sites for hydroxylation is 1. The van der Waals surface area contributed by atoms with Crippen molar-refractivity contribution in [3.63, 3.8) is 0 Å². The molecule has 0 aliphatic carbocycles. The summed E-state index contributed by atoms with van der Waals surface area (Å²) < 4.78 is 8.82. The molecular weight excluding hydrogens is 661 g/mol. The van der Waals surface area contributed by atoms with E-state index < -0.39 is 0 Å². The van der Waals surface area contributed by atoms with Gasteiger partial charge >= 0.3 is 0 Å². The van der Waals surface area contributed by atoms with Crippen molar-refractivity contribution in [1.29, 1.82) is 0 Å². The number of para-hydroxylation sites is 2. The van der Waals surface area contributed by atoms with E-state index in [-0.39, 0.29) is 0 Å². The van der Waals surface area contributed by atoms with Crippen LogP contribution in [0.2, 0.25) is 0 Å². The molecular formula is C49H36N4O. The molecule has 0 aliphatic heterocycles. The van der Waals surface area contributed by atoms with Gasteiger partial charge in [-0.3, -0.25) is 0 Å². The third kappa shape index (κ3) is 5.53. The molecule has 3 aromatic heterocycles. The van der Waals surface area contributed by atoms with E-state index in [1.54, 1.807) is 0 Å². The molecule has 0 bridgehead atoms. The molecule has 0 aliphatic rings. The lowest BCUT2D eigenvalue weighted by Crippen LogP contribution is -2.00. The molecule has 0 radical (unpaired) electrons. The molecule has 0 unspecified atom stereocenters. The smallest absolute Gasteiger partial charge is 0.164 e. The van der Waals surface area contributed by atoms with Crippen molar-refractivity contribution in [2.45, 2.75) is 26.2 Å². The second-order valence-electron chi connectivity index (χ2n) is 13.9. The van der Waals surface area contributed by atoms with E-state index in [1.807, 2.05) is 42.5 Å². The van der Waals surface area contributed by atoms with E-state index in [1.165, 1.54) is 29.5 Å². The molecule has 0 fully saturated rings.